The lowest BCUT2D eigenvalue weighted by Crippen LogP contribution is -2.39. The van der Waals surface area contributed by atoms with Gasteiger partial charge in [-0.1, -0.05) is 23.7 Å². The molecule has 20 heavy (non-hydrogen) atoms. The molecule has 0 unspecified atom stereocenters. The first kappa shape index (κ1) is 15.3. The Morgan fingerprint density at radius 3 is 2.80 bits per heavy atom. The van der Waals surface area contributed by atoms with Gasteiger partial charge < -0.3 is 10.2 Å². The molecule has 1 aliphatic rings. The lowest BCUT2D eigenvalue weighted by molar-refractivity contribution is -0.131. The average molecular weight is 296 g/mol. The van der Waals surface area contributed by atoms with Crippen molar-refractivity contribution in [2.75, 3.05) is 39.8 Å². The quantitative estimate of drug-likeness (QED) is 0.916. The molecule has 1 heterocycles. The number of nitrogens with zero attached hydrogens (tertiary/aromatic N) is 2. The second kappa shape index (κ2) is 7.62. The largest absolute Gasteiger partial charge is 0.340 e. The van der Waals surface area contributed by atoms with Crippen molar-refractivity contribution in [3.8, 4) is 0 Å². The number of halogens is 1. The van der Waals surface area contributed by atoms with Gasteiger partial charge in [0.1, 0.15) is 0 Å². The number of carbonyl (C=O) groups is 1. The van der Waals surface area contributed by atoms with Gasteiger partial charge >= 0.3 is 0 Å². The van der Waals surface area contributed by atoms with E-state index >= 15 is 0 Å². The molecule has 0 aromatic heterocycles. The maximum absolute atomic E-state index is 12.2. The Bertz CT molecular complexity index is 427. The van der Waals surface area contributed by atoms with Crippen LogP contribution < -0.4 is 5.32 Å². The number of benzene rings is 1. The zero-order valence-electron chi connectivity index (χ0n) is 11.9. The van der Waals surface area contributed by atoms with E-state index in [9.17, 15) is 4.79 Å². The molecular formula is C15H22ClN3O. The number of hydrogen-bond donors (Lipinski definition) is 1. The molecule has 1 fully saturated rings. The number of hydrogen-bond acceptors (Lipinski definition) is 3. The van der Waals surface area contributed by atoms with Crippen LogP contribution in [0.4, 0.5) is 0 Å². The Hall–Kier alpha value is -1.10. The number of rotatable bonds is 4. The summed E-state index contributed by atoms with van der Waals surface area (Å²) in [6.07, 6.45) is 1.11. The van der Waals surface area contributed by atoms with Crippen LogP contribution in [-0.2, 0) is 11.3 Å². The van der Waals surface area contributed by atoms with E-state index in [4.69, 9.17) is 11.6 Å². The molecule has 1 aromatic rings. The predicted molar refractivity (Wildman–Crippen MR) is 81.9 cm³/mol. The lowest BCUT2D eigenvalue weighted by atomic mass is 10.2. The van der Waals surface area contributed by atoms with Crippen molar-refractivity contribution >= 4 is 17.5 Å². The maximum Gasteiger partial charge on any atom is 0.236 e. The zero-order chi connectivity index (χ0) is 14.4. The SMILES string of the molecule is CN(Cc1ccc(Cl)cc1)C(=O)CN1CCCNCC1. The minimum Gasteiger partial charge on any atom is -0.340 e. The predicted octanol–water partition coefficient (Wildman–Crippen LogP) is 1.59. The first-order valence-electron chi connectivity index (χ1n) is 7.06. The van der Waals surface area contributed by atoms with Crippen LogP contribution >= 0.6 is 11.6 Å². The third-order valence-electron chi connectivity index (χ3n) is 3.55. The van der Waals surface area contributed by atoms with Crippen molar-refractivity contribution in [3.63, 3.8) is 0 Å². The molecule has 2 rings (SSSR count). The van der Waals surface area contributed by atoms with Gasteiger partial charge in [0, 0.05) is 31.7 Å². The fourth-order valence-corrected chi connectivity index (χ4v) is 2.45. The summed E-state index contributed by atoms with van der Waals surface area (Å²) in [4.78, 5) is 16.2. The highest BCUT2D eigenvalue weighted by molar-refractivity contribution is 6.30. The molecule has 0 radical (unpaired) electrons. The fraction of sp³-hybridized carbons (Fsp3) is 0.533. The molecule has 0 saturated carbocycles. The van der Waals surface area contributed by atoms with Crippen molar-refractivity contribution < 1.29 is 4.79 Å². The number of amides is 1. The standard InChI is InChI=1S/C15H22ClN3O/c1-18(11-13-3-5-14(16)6-4-13)15(20)12-19-9-2-7-17-8-10-19/h3-6,17H,2,7-12H2,1H3. The van der Waals surface area contributed by atoms with Crippen LogP contribution in [0, 0.1) is 0 Å². The molecule has 4 nitrogen and oxygen atoms in total. The third kappa shape index (κ3) is 4.78. The van der Waals surface area contributed by atoms with Gasteiger partial charge in [-0.05, 0) is 37.2 Å². The van der Waals surface area contributed by atoms with Crippen LogP contribution in [-0.4, -0.2) is 55.5 Å². The van der Waals surface area contributed by atoms with E-state index in [1.165, 1.54) is 0 Å². The van der Waals surface area contributed by atoms with E-state index in [1.54, 1.807) is 4.90 Å². The minimum absolute atomic E-state index is 0.168. The number of nitrogens with one attached hydrogen (secondary N) is 1. The Balaban J connectivity index is 1.83. The molecular weight excluding hydrogens is 274 g/mol. The summed E-state index contributed by atoms with van der Waals surface area (Å²) in [6, 6.07) is 7.63. The monoisotopic (exact) mass is 295 g/mol. The summed E-state index contributed by atoms with van der Waals surface area (Å²) in [7, 11) is 1.85. The van der Waals surface area contributed by atoms with Crippen LogP contribution in [0.5, 0.6) is 0 Å². The summed E-state index contributed by atoms with van der Waals surface area (Å²) in [5.74, 6) is 0.168. The third-order valence-corrected chi connectivity index (χ3v) is 3.80. The molecule has 0 spiro atoms. The van der Waals surface area contributed by atoms with E-state index in [0.717, 1.165) is 43.2 Å². The number of likely N-dealkylation sites (N-methyl/N-ethyl adjacent to an activating group) is 1. The van der Waals surface area contributed by atoms with Crippen molar-refractivity contribution in [3.05, 3.63) is 34.9 Å². The number of carbonyl (C=O) groups excluding carboxylic acids is 1. The summed E-state index contributed by atoms with van der Waals surface area (Å²) in [5, 5.41) is 4.07. The molecule has 0 atom stereocenters. The highest BCUT2D eigenvalue weighted by Gasteiger charge is 2.15. The molecule has 1 saturated heterocycles. The smallest absolute Gasteiger partial charge is 0.236 e. The summed E-state index contributed by atoms with van der Waals surface area (Å²) >= 11 is 5.86. The van der Waals surface area contributed by atoms with Crippen LogP contribution in [0.1, 0.15) is 12.0 Å². The van der Waals surface area contributed by atoms with E-state index in [1.807, 2.05) is 31.3 Å². The highest BCUT2D eigenvalue weighted by Crippen LogP contribution is 2.11. The summed E-state index contributed by atoms with van der Waals surface area (Å²) < 4.78 is 0. The van der Waals surface area contributed by atoms with Gasteiger partial charge in [0.05, 0.1) is 6.54 Å². The second-order valence-electron chi connectivity index (χ2n) is 5.26. The van der Waals surface area contributed by atoms with Gasteiger partial charge in [-0.25, -0.2) is 0 Å². The minimum atomic E-state index is 0.168. The first-order valence-corrected chi connectivity index (χ1v) is 7.44. The Morgan fingerprint density at radius 2 is 2.05 bits per heavy atom. The normalized spacial score (nSPS) is 16.7. The van der Waals surface area contributed by atoms with E-state index in [0.29, 0.717) is 13.1 Å². The molecule has 1 amide bonds. The highest BCUT2D eigenvalue weighted by atomic mass is 35.5. The van der Waals surface area contributed by atoms with Gasteiger partial charge in [0.15, 0.2) is 0 Å². The molecule has 5 heteroatoms. The van der Waals surface area contributed by atoms with E-state index < -0.39 is 0 Å². The molecule has 110 valence electrons. The first-order chi connectivity index (χ1) is 9.65. The van der Waals surface area contributed by atoms with Crippen molar-refractivity contribution in [2.24, 2.45) is 0 Å². The Morgan fingerprint density at radius 1 is 1.30 bits per heavy atom. The lowest BCUT2D eigenvalue weighted by Gasteiger charge is -2.23. The maximum atomic E-state index is 12.2. The van der Waals surface area contributed by atoms with E-state index in [-0.39, 0.29) is 5.91 Å². The zero-order valence-corrected chi connectivity index (χ0v) is 12.7. The van der Waals surface area contributed by atoms with Crippen LogP contribution in [0.2, 0.25) is 5.02 Å². The van der Waals surface area contributed by atoms with Gasteiger partial charge in [-0.2, -0.15) is 0 Å². The Labute approximate surface area is 125 Å². The van der Waals surface area contributed by atoms with Crippen molar-refractivity contribution in [2.45, 2.75) is 13.0 Å². The molecule has 1 aromatic carbocycles. The van der Waals surface area contributed by atoms with Crippen LogP contribution in [0.3, 0.4) is 0 Å². The fourth-order valence-electron chi connectivity index (χ4n) is 2.32. The van der Waals surface area contributed by atoms with Gasteiger partial charge in [0.25, 0.3) is 0 Å². The average Bonchev–Trinajstić information content (AvgIpc) is 2.70. The van der Waals surface area contributed by atoms with Crippen LogP contribution in [0.15, 0.2) is 24.3 Å². The van der Waals surface area contributed by atoms with Gasteiger partial charge in [-0.3, -0.25) is 9.69 Å². The molecule has 0 aliphatic carbocycles. The molecule has 0 bridgehead atoms. The Kier molecular flexibility index (Phi) is 5.83. The molecule has 1 N–H and O–H groups in total. The second-order valence-corrected chi connectivity index (χ2v) is 5.69. The summed E-state index contributed by atoms with van der Waals surface area (Å²) in [5.41, 5.74) is 1.10. The van der Waals surface area contributed by atoms with E-state index in [2.05, 4.69) is 10.2 Å². The van der Waals surface area contributed by atoms with Gasteiger partial charge in [0.2, 0.25) is 5.91 Å². The van der Waals surface area contributed by atoms with Crippen molar-refractivity contribution in [1.82, 2.24) is 15.1 Å². The molecule has 1 aliphatic heterocycles. The van der Waals surface area contributed by atoms with Crippen molar-refractivity contribution in [1.29, 1.82) is 0 Å². The van der Waals surface area contributed by atoms with Gasteiger partial charge in [-0.15, -0.1) is 0 Å². The summed E-state index contributed by atoms with van der Waals surface area (Å²) in [6.45, 7) is 5.08. The van der Waals surface area contributed by atoms with Crippen LogP contribution in [0.25, 0.3) is 0 Å². The topological polar surface area (TPSA) is 35.6 Å².